The fraction of sp³-hybridized carbons (Fsp3) is 0.625. The van der Waals surface area contributed by atoms with Gasteiger partial charge in [0.25, 0.3) is 0 Å². The Balaban J connectivity index is 1.90. The first-order chi connectivity index (χ1) is 8.72. The first kappa shape index (κ1) is 12.2. The van der Waals surface area contributed by atoms with Crippen LogP contribution in [0.5, 0.6) is 0 Å². The summed E-state index contributed by atoms with van der Waals surface area (Å²) in [5.74, 6) is 0.523. The first-order valence-electron chi connectivity index (χ1n) is 7.18. The molecule has 2 nitrogen and oxygen atoms in total. The number of benzene rings is 1. The Morgan fingerprint density at radius 2 is 1.78 bits per heavy atom. The van der Waals surface area contributed by atoms with Crippen molar-refractivity contribution >= 4 is 0 Å². The fourth-order valence-corrected chi connectivity index (χ4v) is 4.11. The molecule has 0 aliphatic heterocycles. The quantitative estimate of drug-likeness (QED) is 0.842. The summed E-state index contributed by atoms with van der Waals surface area (Å²) in [6.07, 6.45) is 5.83. The number of hydrogen-bond acceptors (Lipinski definition) is 2. The number of hydrogen-bond donors (Lipinski definition) is 2. The minimum absolute atomic E-state index is 0.205. The summed E-state index contributed by atoms with van der Waals surface area (Å²) in [5.41, 5.74) is 0.323. The number of aliphatic hydroxyl groups is 2. The van der Waals surface area contributed by atoms with E-state index in [0.717, 1.165) is 44.1 Å². The van der Waals surface area contributed by atoms with Gasteiger partial charge in [-0.15, -0.1) is 0 Å². The molecule has 0 bridgehead atoms. The van der Waals surface area contributed by atoms with E-state index >= 15 is 0 Å². The van der Waals surface area contributed by atoms with E-state index in [1.54, 1.807) is 0 Å². The summed E-state index contributed by atoms with van der Waals surface area (Å²) in [6, 6.07) is 10.0. The topological polar surface area (TPSA) is 40.5 Å². The molecule has 0 aromatic heterocycles. The fourth-order valence-electron chi connectivity index (χ4n) is 4.11. The van der Waals surface area contributed by atoms with Gasteiger partial charge in [-0.3, -0.25) is 0 Å². The van der Waals surface area contributed by atoms with Crippen molar-refractivity contribution in [2.75, 3.05) is 0 Å². The lowest BCUT2D eigenvalue weighted by atomic mass is 9.75. The molecular formula is C16H22O2. The van der Waals surface area contributed by atoms with E-state index in [1.165, 1.54) is 0 Å². The first-order valence-corrected chi connectivity index (χ1v) is 7.18. The number of aliphatic hydroxyl groups excluding tert-OH is 1. The van der Waals surface area contributed by atoms with E-state index in [-0.39, 0.29) is 17.9 Å². The second-order valence-electron chi connectivity index (χ2n) is 5.95. The van der Waals surface area contributed by atoms with Gasteiger partial charge in [-0.2, -0.15) is 0 Å². The van der Waals surface area contributed by atoms with Crippen LogP contribution in [0.4, 0.5) is 0 Å². The Kier molecular flexibility index (Phi) is 3.16. The molecule has 18 heavy (non-hydrogen) atoms. The highest BCUT2D eigenvalue weighted by Crippen LogP contribution is 2.51. The van der Waals surface area contributed by atoms with Gasteiger partial charge in [0, 0.05) is 0 Å². The van der Waals surface area contributed by atoms with Gasteiger partial charge < -0.3 is 10.2 Å². The van der Waals surface area contributed by atoms with E-state index in [2.05, 4.69) is 0 Å². The van der Waals surface area contributed by atoms with Gasteiger partial charge in [-0.25, -0.2) is 0 Å². The third-order valence-electron chi connectivity index (χ3n) is 5.01. The summed E-state index contributed by atoms with van der Waals surface area (Å²) >= 11 is 0. The van der Waals surface area contributed by atoms with Crippen molar-refractivity contribution in [3.63, 3.8) is 0 Å². The minimum Gasteiger partial charge on any atom is -0.393 e. The van der Waals surface area contributed by atoms with Crippen molar-refractivity contribution in [3.05, 3.63) is 35.9 Å². The summed E-state index contributed by atoms with van der Waals surface area (Å²) in [7, 11) is 0. The molecule has 0 heterocycles. The minimum atomic E-state index is -0.711. The van der Waals surface area contributed by atoms with Crippen LogP contribution in [-0.4, -0.2) is 16.3 Å². The van der Waals surface area contributed by atoms with Crippen molar-refractivity contribution in [1.29, 1.82) is 0 Å². The standard InChI is InChI=1S/C16H22O2/c17-15-10-4-8-13(15)14-9-5-11-16(14,18)12-6-2-1-3-7-12/h1-3,6-7,13-15,17-18H,4-5,8-11H2. The van der Waals surface area contributed by atoms with Crippen LogP contribution in [0.25, 0.3) is 0 Å². The second kappa shape index (κ2) is 4.67. The molecule has 3 rings (SSSR count). The SMILES string of the molecule is OC1CCCC1C1CCCC1(O)c1ccccc1. The summed E-state index contributed by atoms with van der Waals surface area (Å²) in [6.45, 7) is 0. The highest BCUT2D eigenvalue weighted by molar-refractivity contribution is 5.25. The zero-order valence-corrected chi connectivity index (χ0v) is 10.8. The van der Waals surface area contributed by atoms with Crippen molar-refractivity contribution in [3.8, 4) is 0 Å². The van der Waals surface area contributed by atoms with E-state index in [9.17, 15) is 10.2 Å². The summed E-state index contributed by atoms with van der Waals surface area (Å²) in [5, 5.41) is 21.2. The molecule has 2 aliphatic carbocycles. The zero-order valence-electron chi connectivity index (χ0n) is 10.8. The summed E-state index contributed by atoms with van der Waals surface area (Å²) in [4.78, 5) is 0. The van der Waals surface area contributed by atoms with Gasteiger partial charge in [-0.1, -0.05) is 36.8 Å². The maximum Gasteiger partial charge on any atom is 0.0928 e. The van der Waals surface area contributed by atoms with E-state index in [4.69, 9.17) is 0 Å². The van der Waals surface area contributed by atoms with E-state index < -0.39 is 5.60 Å². The van der Waals surface area contributed by atoms with Crippen LogP contribution in [0.3, 0.4) is 0 Å². The molecule has 1 aromatic rings. The van der Waals surface area contributed by atoms with Crippen LogP contribution >= 0.6 is 0 Å². The lowest BCUT2D eigenvalue weighted by Crippen LogP contribution is -2.37. The third-order valence-corrected chi connectivity index (χ3v) is 5.01. The summed E-state index contributed by atoms with van der Waals surface area (Å²) < 4.78 is 0. The molecule has 0 spiro atoms. The molecule has 4 unspecified atom stereocenters. The van der Waals surface area contributed by atoms with Gasteiger partial charge in [0.2, 0.25) is 0 Å². The molecular weight excluding hydrogens is 224 g/mol. The molecule has 0 amide bonds. The lowest BCUT2D eigenvalue weighted by Gasteiger charge is -2.36. The molecule has 98 valence electrons. The van der Waals surface area contributed by atoms with Gasteiger partial charge >= 0.3 is 0 Å². The van der Waals surface area contributed by atoms with Gasteiger partial charge in [0.15, 0.2) is 0 Å². The van der Waals surface area contributed by atoms with Crippen molar-refractivity contribution < 1.29 is 10.2 Å². The second-order valence-corrected chi connectivity index (χ2v) is 5.95. The maximum absolute atomic E-state index is 11.1. The monoisotopic (exact) mass is 246 g/mol. The molecule has 0 saturated heterocycles. The third kappa shape index (κ3) is 1.88. The van der Waals surface area contributed by atoms with Crippen molar-refractivity contribution in [2.45, 2.75) is 50.2 Å². The zero-order chi connectivity index (χ0) is 12.6. The molecule has 2 fully saturated rings. The van der Waals surface area contributed by atoms with Crippen LogP contribution in [0.1, 0.15) is 44.1 Å². The average Bonchev–Trinajstić information content (AvgIpc) is 2.97. The lowest BCUT2D eigenvalue weighted by molar-refractivity contribution is -0.0479. The Hall–Kier alpha value is -0.860. The van der Waals surface area contributed by atoms with E-state index in [0.29, 0.717) is 0 Å². The normalized spacial score (nSPS) is 40.2. The highest BCUT2D eigenvalue weighted by Gasteiger charge is 2.48. The van der Waals surface area contributed by atoms with E-state index in [1.807, 2.05) is 30.3 Å². The van der Waals surface area contributed by atoms with Crippen molar-refractivity contribution in [2.24, 2.45) is 11.8 Å². The Morgan fingerprint density at radius 1 is 1.00 bits per heavy atom. The Bertz CT molecular complexity index is 403. The van der Waals surface area contributed by atoms with Crippen LogP contribution in [0, 0.1) is 11.8 Å². The molecule has 1 aromatic carbocycles. The van der Waals surface area contributed by atoms with Crippen LogP contribution < -0.4 is 0 Å². The molecule has 2 heteroatoms. The van der Waals surface area contributed by atoms with Gasteiger partial charge in [-0.05, 0) is 49.5 Å². The predicted octanol–water partition coefficient (Wildman–Crippen LogP) is 2.84. The molecule has 4 atom stereocenters. The highest BCUT2D eigenvalue weighted by atomic mass is 16.3. The maximum atomic E-state index is 11.1. The number of rotatable bonds is 2. The van der Waals surface area contributed by atoms with Crippen molar-refractivity contribution in [1.82, 2.24) is 0 Å². The molecule has 2 saturated carbocycles. The van der Waals surface area contributed by atoms with Crippen LogP contribution in [-0.2, 0) is 5.60 Å². The van der Waals surface area contributed by atoms with Gasteiger partial charge in [0.05, 0.1) is 11.7 Å². The average molecular weight is 246 g/mol. The van der Waals surface area contributed by atoms with Crippen LogP contribution in [0.2, 0.25) is 0 Å². The molecule has 0 radical (unpaired) electrons. The molecule has 2 aliphatic rings. The molecule has 2 N–H and O–H groups in total. The predicted molar refractivity (Wildman–Crippen MR) is 71.0 cm³/mol. The smallest absolute Gasteiger partial charge is 0.0928 e. The van der Waals surface area contributed by atoms with Gasteiger partial charge in [0.1, 0.15) is 0 Å². The largest absolute Gasteiger partial charge is 0.393 e. The Labute approximate surface area is 109 Å². The Morgan fingerprint density at radius 3 is 2.44 bits per heavy atom. The van der Waals surface area contributed by atoms with Crippen LogP contribution in [0.15, 0.2) is 30.3 Å².